The highest BCUT2D eigenvalue weighted by molar-refractivity contribution is 5.79. The Hall–Kier alpha value is -1.12. The Morgan fingerprint density at radius 3 is 2.27 bits per heavy atom. The number of aromatic nitrogens is 2. The molecule has 2 saturated carbocycles. The normalized spacial score (nSPS) is 22.1. The van der Waals surface area contributed by atoms with Crippen molar-refractivity contribution in [3.8, 4) is 0 Å². The number of carbonyl (C=O) groups excluding carboxylic acids is 1. The van der Waals surface area contributed by atoms with E-state index in [-0.39, 0.29) is 0 Å². The van der Waals surface area contributed by atoms with E-state index in [4.69, 9.17) is 0 Å². The second-order valence-electron chi connectivity index (χ2n) is 4.81. The van der Waals surface area contributed by atoms with Crippen LogP contribution in [-0.4, -0.2) is 16.5 Å². The number of aldehydes is 1. The van der Waals surface area contributed by atoms with Crippen molar-refractivity contribution >= 4 is 6.29 Å². The first-order valence-corrected chi connectivity index (χ1v) is 5.93. The lowest BCUT2D eigenvalue weighted by Crippen LogP contribution is -2.13. The summed E-state index contributed by atoms with van der Waals surface area (Å²) in [5.41, 5.74) is 3.03. The minimum atomic E-state index is 0.551. The molecule has 3 rings (SSSR count). The number of nitrogens with one attached hydrogen (secondary N) is 1. The van der Waals surface area contributed by atoms with E-state index in [0.717, 1.165) is 23.2 Å². The van der Waals surface area contributed by atoms with Crippen molar-refractivity contribution in [2.75, 3.05) is 0 Å². The van der Waals surface area contributed by atoms with Crippen molar-refractivity contribution in [2.24, 2.45) is 0 Å². The van der Waals surface area contributed by atoms with E-state index < -0.39 is 0 Å². The van der Waals surface area contributed by atoms with E-state index in [0.29, 0.717) is 11.8 Å². The Morgan fingerprint density at radius 2 is 1.80 bits per heavy atom. The molecule has 0 spiro atoms. The van der Waals surface area contributed by atoms with Crippen LogP contribution in [0.15, 0.2) is 0 Å². The summed E-state index contributed by atoms with van der Waals surface area (Å²) in [5.74, 6) is 1.13. The van der Waals surface area contributed by atoms with Gasteiger partial charge in [-0.25, -0.2) is 0 Å². The molecule has 0 saturated heterocycles. The molecular weight excluding hydrogens is 188 g/mol. The number of carbonyl (C=O) groups is 1. The average Bonchev–Trinajstić information content (AvgIpc) is 2.43. The monoisotopic (exact) mass is 204 g/mol. The minimum Gasteiger partial charge on any atom is -0.298 e. The third-order valence-corrected chi connectivity index (χ3v) is 3.99. The maximum atomic E-state index is 11.1. The summed E-state index contributed by atoms with van der Waals surface area (Å²) in [6.45, 7) is 0. The van der Waals surface area contributed by atoms with Crippen molar-refractivity contribution in [3.63, 3.8) is 0 Å². The molecule has 0 aliphatic heterocycles. The standard InChI is InChI=1S/C12H16N2O/c15-7-10-11(8-3-1-4-8)13-14-12(10)9-5-2-6-9/h7-9H,1-6H2,(H,13,14). The minimum absolute atomic E-state index is 0.551. The van der Waals surface area contributed by atoms with Gasteiger partial charge >= 0.3 is 0 Å². The molecule has 0 unspecified atom stereocenters. The van der Waals surface area contributed by atoms with E-state index in [2.05, 4.69) is 10.2 Å². The van der Waals surface area contributed by atoms with Crippen LogP contribution >= 0.6 is 0 Å². The summed E-state index contributed by atoms with van der Waals surface area (Å²) in [5, 5.41) is 7.45. The maximum absolute atomic E-state index is 11.1. The van der Waals surface area contributed by atoms with Crippen molar-refractivity contribution < 1.29 is 4.79 Å². The van der Waals surface area contributed by atoms with Gasteiger partial charge in [0.15, 0.2) is 6.29 Å². The summed E-state index contributed by atoms with van der Waals surface area (Å²) in [4.78, 5) is 11.1. The fourth-order valence-corrected chi connectivity index (χ4v) is 2.50. The zero-order valence-corrected chi connectivity index (χ0v) is 8.83. The second kappa shape index (κ2) is 3.47. The van der Waals surface area contributed by atoms with Gasteiger partial charge in [-0.3, -0.25) is 9.89 Å². The van der Waals surface area contributed by atoms with Gasteiger partial charge in [0.05, 0.1) is 11.3 Å². The van der Waals surface area contributed by atoms with Gasteiger partial charge in [-0.15, -0.1) is 0 Å². The predicted molar refractivity (Wildman–Crippen MR) is 57.2 cm³/mol. The topological polar surface area (TPSA) is 45.8 Å². The molecule has 2 aliphatic carbocycles. The maximum Gasteiger partial charge on any atom is 0.153 e. The Labute approximate surface area is 89.3 Å². The molecule has 0 atom stereocenters. The van der Waals surface area contributed by atoms with E-state index >= 15 is 0 Å². The smallest absolute Gasteiger partial charge is 0.153 e. The van der Waals surface area contributed by atoms with Crippen LogP contribution in [0.3, 0.4) is 0 Å². The molecule has 15 heavy (non-hydrogen) atoms. The Morgan fingerprint density at radius 1 is 1.13 bits per heavy atom. The first kappa shape index (κ1) is 9.13. The summed E-state index contributed by atoms with van der Waals surface area (Å²) in [7, 11) is 0. The zero-order chi connectivity index (χ0) is 10.3. The lowest BCUT2D eigenvalue weighted by atomic mass is 9.78. The van der Waals surface area contributed by atoms with Crippen LogP contribution < -0.4 is 0 Å². The number of aromatic amines is 1. The fraction of sp³-hybridized carbons (Fsp3) is 0.667. The van der Waals surface area contributed by atoms with Crippen LogP contribution in [0, 0.1) is 0 Å². The first-order valence-electron chi connectivity index (χ1n) is 5.93. The van der Waals surface area contributed by atoms with Gasteiger partial charge in [0.2, 0.25) is 0 Å². The van der Waals surface area contributed by atoms with Crippen LogP contribution in [0.4, 0.5) is 0 Å². The van der Waals surface area contributed by atoms with Gasteiger partial charge in [-0.05, 0) is 25.7 Å². The van der Waals surface area contributed by atoms with Crippen molar-refractivity contribution in [1.82, 2.24) is 10.2 Å². The third kappa shape index (κ3) is 1.33. The van der Waals surface area contributed by atoms with Gasteiger partial charge in [0, 0.05) is 17.5 Å². The van der Waals surface area contributed by atoms with Gasteiger partial charge in [0.1, 0.15) is 0 Å². The van der Waals surface area contributed by atoms with Crippen LogP contribution in [0.5, 0.6) is 0 Å². The number of rotatable bonds is 3. The lowest BCUT2D eigenvalue weighted by molar-refractivity contribution is 0.111. The van der Waals surface area contributed by atoms with E-state index in [9.17, 15) is 4.79 Å². The molecule has 80 valence electrons. The fourth-order valence-electron chi connectivity index (χ4n) is 2.50. The van der Waals surface area contributed by atoms with E-state index in [1.165, 1.54) is 38.5 Å². The molecule has 1 aromatic rings. The molecule has 0 amide bonds. The summed E-state index contributed by atoms with van der Waals surface area (Å²) >= 11 is 0. The third-order valence-electron chi connectivity index (χ3n) is 3.99. The van der Waals surface area contributed by atoms with Crippen molar-refractivity contribution in [3.05, 3.63) is 17.0 Å². The average molecular weight is 204 g/mol. The quantitative estimate of drug-likeness (QED) is 0.769. The predicted octanol–water partition coefficient (Wildman–Crippen LogP) is 2.76. The second-order valence-corrected chi connectivity index (χ2v) is 4.81. The highest BCUT2D eigenvalue weighted by Gasteiger charge is 2.30. The van der Waals surface area contributed by atoms with E-state index in [1.807, 2.05) is 0 Å². The Bertz CT molecular complexity index is 343. The molecule has 3 nitrogen and oxygen atoms in total. The lowest BCUT2D eigenvalue weighted by Gasteiger charge is -2.26. The molecule has 2 fully saturated rings. The van der Waals surface area contributed by atoms with Gasteiger partial charge in [-0.2, -0.15) is 5.10 Å². The summed E-state index contributed by atoms with van der Waals surface area (Å²) in [6, 6.07) is 0. The van der Waals surface area contributed by atoms with Crippen molar-refractivity contribution in [2.45, 2.75) is 50.4 Å². The van der Waals surface area contributed by atoms with Crippen LogP contribution in [0.2, 0.25) is 0 Å². The highest BCUT2D eigenvalue weighted by atomic mass is 16.1. The molecule has 1 N–H and O–H groups in total. The highest BCUT2D eigenvalue weighted by Crippen LogP contribution is 2.41. The Kier molecular flexibility index (Phi) is 2.11. The van der Waals surface area contributed by atoms with Crippen LogP contribution in [-0.2, 0) is 0 Å². The van der Waals surface area contributed by atoms with Crippen LogP contribution in [0.25, 0.3) is 0 Å². The summed E-state index contributed by atoms with van der Waals surface area (Å²) in [6.07, 6.45) is 8.42. The first-order chi connectivity index (χ1) is 7.40. The molecule has 0 bridgehead atoms. The zero-order valence-electron chi connectivity index (χ0n) is 8.83. The molecule has 0 radical (unpaired) electrons. The van der Waals surface area contributed by atoms with Crippen molar-refractivity contribution in [1.29, 1.82) is 0 Å². The summed E-state index contributed by atoms with van der Waals surface area (Å²) < 4.78 is 0. The van der Waals surface area contributed by atoms with Crippen LogP contribution in [0.1, 0.15) is 72.1 Å². The SMILES string of the molecule is O=Cc1c(C2CCC2)n[nH]c1C1CCC1. The molecule has 1 aromatic heterocycles. The Balaban J connectivity index is 1.93. The van der Waals surface area contributed by atoms with Gasteiger partial charge < -0.3 is 0 Å². The largest absolute Gasteiger partial charge is 0.298 e. The molecular formula is C12H16N2O. The molecule has 0 aromatic carbocycles. The molecule has 2 aliphatic rings. The van der Waals surface area contributed by atoms with Gasteiger partial charge in [0.25, 0.3) is 0 Å². The van der Waals surface area contributed by atoms with Gasteiger partial charge in [-0.1, -0.05) is 12.8 Å². The van der Waals surface area contributed by atoms with E-state index in [1.54, 1.807) is 0 Å². The number of H-pyrrole nitrogens is 1. The number of hydrogen-bond acceptors (Lipinski definition) is 2. The molecule has 1 heterocycles. The number of nitrogens with zero attached hydrogens (tertiary/aromatic N) is 1. The molecule has 3 heteroatoms. The number of hydrogen-bond donors (Lipinski definition) is 1.